The Morgan fingerprint density at radius 1 is 1.89 bits per heavy atom. The lowest BCUT2D eigenvalue weighted by Crippen LogP contribution is -2.28. The van der Waals surface area contributed by atoms with Crippen LogP contribution in [-0.4, -0.2) is 24.8 Å². The molecule has 1 atom stereocenters. The van der Waals surface area contributed by atoms with Crippen LogP contribution in [0.15, 0.2) is 0 Å². The van der Waals surface area contributed by atoms with E-state index in [0.717, 1.165) is 0 Å². The van der Waals surface area contributed by atoms with Gasteiger partial charge in [0.1, 0.15) is 0 Å². The van der Waals surface area contributed by atoms with Crippen molar-refractivity contribution in [3.05, 3.63) is 0 Å². The summed E-state index contributed by atoms with van der Waals surface area (Å²) in [6.45, 7) is 1.70. The first-order chi connectivity index (χ1) is 4.22. The minimum absolute atomic E-state index is 0.0413. The first kappa shape index (κ1) is 8.39. The normalized spacial score (nSPS) is 12.8. The zero-order chi connectivity index (χ0) is 7.28. The van der Waals surface area contributed by atoms with Crippen LogP contribution in [-0.2, 0) is 9.68 Å². The summed E-state index contributed by atoms with van der Waals surface area (Å²) in [5.74, 6) is -0.427. The lowest BCUT2D eigenvalue weighted by Gasteiger charge is -2.05. The van der Waals surface area contributed by atoms with Crippen LogP contribution in [0.1, 0.15) is 6.92 Å². The molecule has 0 saturated carbocycles. The molecule has 0 saturated heterocycles. The van der Waals surface area contributed by atoms with Gasteiger partial charge in [-0.1, -0.05) is 6.92 Å². The Balaban J connectivity index is 3.45. The van der Waals surface area contributed by atoms with Crippen molar-refractivity contribution in [2.24, 2.45) is 5.92 Å². The number of hydrogen-bond acceptors (Lipinski definition) is 3. The van der Waals surface area contributed by atoms with Crippen molar-refractivity contribution >= 4 is 5.91 Å². The van der Waals surface area contributed by atoms with Gasteiger partial charge in [-0.3, -0.25) is 10.1 Å². The average Bonchev–Trinajstić information content (AvgIpc) is 1.87. The first-order valence-corrected chi connectivity index (χ1v) is 2.70. The molecule has 0 aromatic carbocycles. The molecular weight excluding hydrogens is 122 g/mol. The Morgan fingerprint density at radius 2 is 2.44 bits per heavy atom. The van der Waals surface area contributed by atoms with Crippen LogP contribution in [0.2, 0.25) is 0 Å². The fraction of sp³-hybridized carbons (Fsp3) is 0.800. The summed E-state index contributed by atoms with van der Waals surface area (Å²) >= 11 is 0. The molecule has 2 N–H and O–H groups in total. The second kappa shape index (κ2) is 4.29. The van der Waals surface area contributed by atoms with E-state index in [1.165, 1.54) is 7.05 Å². The zero-order valence-electron chi connectivity index (χ0n) is 5.55. The van der Waals surface area contributed by atoms with Crippen LogP contribution in [0, 0.1) is 5.92 Å². The molecule has 0 aromatic rings. The summed E-state index contributed by atoms with van der Waals surface area (Å²) < 4.78 is 0. The molecule has 0 fully saturated rings. The predicted octanol–water partition coefficient (Wildman–Crippen LogP) is -0.142. The molecule has 0 aromatic heterocycles. The molecule has 0 heterocycles. The van der Waals surface area contributed by atoms with Gasteiger partial charge in [-0.05, 0) is 0 Å². The first-order valence-electron chi connectivity index (χ1n) is 2.70. The van der Waals surface area contributed by atoms with Gasteiger partial charge in [-0.2, -0.15) is 0 Å². The second-order valence-corrected chi connectivity index (χ2v) is 1.81. The summed E-state index contributed by atoms with van der Waals surface area (Å²) in [6.07, 6.45) is 0. The van der Waals surface area contributed by atoms with Gasteiger partial charge < -0.3 is 5.32 Å². The molecule has 0 rings (SSSR count). The van der Waals surface area contributed by atoms with Crippen LogP contribution < -0.4 is 5.32 Å². The Kier molecular flexibility index (Phi) is 4.00. The lowest BCUT2D eigenvalue weighted by atomic mass is 10.2. The Morgan fingerprint density at radius 3 is 2.78 bits per heavy atom. The smallest absolute Gasteiger partial charge is 0.225 e. The Bertz CT molecular complexity index is 94.2. The standard InChI is InChI=1S/C5H11NO3/c1-4(3-9-8)5(7)6-2/h4,8H,3H2,1-2H3,(H,6,7). The van der Waals surface area contributed by atoms with Gasteiger partial charge in [-0.25, -0.2) is 4.89 Å². The summed E-state index contributed by atoms with van der Waals surface area (Å²) in [4.78, 5) is 14.4. The Hall–Kier alpha value is -0.610. The lowest BCUT2D eigenvalue weighted by molar-refractivity contribution is -0.248. The van der Waals surface area contributed by atoms with Gasteiger partial charge >= 0.3 is 0 Å². The monoisotopic (exact) mass is 133 g/mol. The third kappa shape index (κ3) is 3.05. The van der Waals surface area contributed by atoms with Crippen molar-refractivity contribution in [1.29, 1.82) is 0 Å². The zero-order valence-corrected chi connectivity index (χ0v) is 5.55. The predicted molar refractivity (Wildman–Crippen MR) is 31.8 cm³/mol. The van der Waals surface area contributed by atoms with Crippen LogP contribution in [0.25, 0.3) is 0 Å². The maximum absolute atomic E-state index is 10.6. The fourth-order valence-corrected chi connectivity index (χ4v) is 0.434. The van der Waals surface area contributed by atoms with Crippen LogP contribution in [0.3, 0.4) is 0 Å². The number of carbonyl (C=O) groups is 1. The van der Waals surface area contributed by atoms with Gasteiger partial charge in [0.2, 0.25) is 5.91 Å². The summed E-state index contributed by atoms with van der Waals surface area (Å²) in [6, 6.07) is 0. The molecule has 0 radical (unpaired) electrons. The molecule has 9 heavy (non-hydrogen) atoms. The second-order valence-electron chi connectivity index (χ2n) is 1.81. The molecule has 54 valence electrons. The van der Waals surface area contributed by atoms with Crippen LogP contribution in [0.5, 0.6) is 0 Å². The molecular formula is C5H11NO3. The maximum Gasteiger partial charge on any atom is 0.225 e. The maximum atomic E-state index is 10.6. The van der Waals surface area contributed by atoms with E-state index >= 15 is 0 Å². The van der Waals surface area contributed by atoms with Crippen LogP contribution in [0.4, 0.5) is 0 Å². The minimum Gasteiger partial charge on any atom is -0.359 e. The molecule has 0 aliphatic carbocycles. The topological polar surface area (TPSA) is 58.6 Å². The molecule has 1 amide bonds. The molecule has 0 aliphatic rings. The number of amides is 1. The quantitative estimate of drug-likeness (QED) is 0.416. The van der Waals surface area contributed by atoms with E-state index in [9.17, 15) is 4.79 Å². The third-order valence-corrected chi connectivity index (χ3v) is 1.02. The van der Waals surface area contributed by atoms with E-state index in [4.69, 9.17) is 5.26 Å². The van der Waals surface area contributed by atoms with Crippen molar-refractivity contribution in [3.8, 4) is 0 Å². The van der Waals surface area contributed by atoms with Crippen molar-refractivity contribution < 1.29 is 14.9 Å². The summed E-state index contributed by atoms with van der Waals surface area (Å²) in [7, 11) is 1.54. The van der Waals surface area contributed by atoms with E-state index in [0.29, 0.717) is 0 Å². The van der Waals surface area contributed by atoms with E-state index in [1.807, 2.05) is 0 Å². The van der Waals surface area contributed by atoms with Crippen molar-refractivity contribution in [3.63, 3.8) is 0 Å². The number of nitrogens with one attached hydrogen (secondary N) is 1. The van der Waals surface area contributed by atoms with Gasteiger partial charge in [0.25, 0.3) is 0 Å². The van der Waals surface area contributed by atoms with Crippen LogP contribution >= 0.6 is 0 Å². The molecule has 4 heteroatoms. The highest BCUT2D eigenvalue weighted by molar-refractivity contribution is 5.77. The van der Waals surface area contributed by atoms with Gasteiger partial charge in [0.15, 0.2) is 0 Å². The molecule has 1 unspecified atom stereocenters. The van der Waals surface area contributed by atoms with E-state index in [1.54, 1.807) is 6.92 Å². The number of rotatable bonds is 3. The van der Waals surface area contributed by atoms with E-state index in [-0.39, 0.29) is 18.4 Å². The van der Waals surface area contributed by atoms with Crippen molar-refractivity contribution in [1.82, 2.24) is 5.32 Å². The third-order valence-electron chi connectivity index (χ3n) is 1.02. The van der Waals surface area contributed by atoms with Gasteiger partial charge in [0.05, 0.1) is 12.5 Å². The highest BCUT2D eigenvalue weighted by Crippen LogP contribution is 1.92. The van der Waals surface area contributed by atoms with Gasteiger partial charge in [-0.15, -0.1) is 0 Å². The number of carbonyl (C=O) groups excluding carboxylic acids is 1. The highest BCUT2D eigenvalue weighted by Gasteiger charge is 2.09. The number of hydrogen-bond donors (Lipinski definition) is 2. The SMILES string of the molecule is CNC(=O)C(C)COO. The minimum atomic E-state index is -0.292. The molecule has 0 bridgehead atoms. The summed E-state index contributed by atoms with van der Waals surface area (Å²) in [5.41, 5.74) is 0. The average molecular weight is 133 g/mol. The van der Waals surface area contributed by atoms with Crippen molar-refractivity contribution in [2.75, 3.05) is 13.7 Å². The molecule has 4 nitrogen and oxygen atoms in total. The molecule has 0 spiro atoms. The van der Waals surface area contributed by atoms with E-state index in [2.05, 4.69) is 10.2 Å². The Labute approximate surface area is 53.7 Å². The largest absolute Gasteiger partial charge is 0.359 e. The molecule has 0 aliphatic heterocycles. The summed E-state index contributed by atoms with van der Waals surface area (Å²) in [5, 5.41) is 10.3. The highest BCUT2D eigenvalue weighted by atomic mass is 17.1. The van der Waals surface area contributed by atoms with E-state index < -0.39 is 0 Å². The van der Waals surface area contributed by atoms with Crippen molar-refractivity contribution in [2.45, 2.75) is 6.92 Å². The van der Waals surface area contributed by atoms with Gasteiger partial charge in [0, 0.05) is 7.05 Å². The fourth-order valence-electron chi connectivity index (χ4n) is 0.434.